The fourth-order valence-corrected chi connectivity index (χ4v) is 4.02. The van der Waals surface area contributed by atoms with Crippen LogP contribution in [0.1, 0.15) is 38.5 Å². The van der Waals surface area contributed by atoms with Crippen LogP contribution in [-0.4, -0.2) is 56.1 Å². The minimum absolute atomic E-state index is 0.538. The summed E-state index contributed by atoms with van der Waals surface area (Å²) in [6, 6.07) is 10.1. The van der Waals surface area contributed by atoms with Crippen LogP contribution in [0.25, 0.3) is 17.2 Å². The van der Waals surface area contributed by atoms with Crippen LogP contribution < -0.4 is 9.80 Å². The molecule has 2 saturated heterocycles. The molecule has 2 aliphatic heterocycles. The molecule has 0 N–H and O–H groups in total. The lowest BCUT2D eigenvalue weighted by molar-refractivity contribution is 0.553. The van der Waals surface area contributed by atoms with E-state index in [9.17, 15) is 0 Å². The second-order valence-electron chi connectivity index (χ2n) is 7.75. The predicted octanol–water partition coefficient (Wildman–Crippen LogP) is 3.10. The zero-order chi connectivity index (χ0) is 19.5. The van der Waals surface area contributed by atoms with Crippen molar-refractivity contribution in [2.24, 2.45) is 0 Å². The molecule has 8 heteroatoms. The molecule has 0 unspecified atom stereocenters. The van der Waals surface area contributed by atoms with Gasteiger partial charge in [0.25, 0.3) is 5.95 Å². The maximum atomic E-state index is 4.84. The summed E-state index contributed by atoms with van der Waals surface area (Å²) in [6.07, 6.45) is 9.17. The van der Waals surface area contributed by atoms with E-state index in [2.05, 4.69) is 20.1 Å². The zero-order valence-corrected chi connectivity index (χ0v) is 16.6. The van der Waals surface area contributed by atoms with Crippen LogP contribution in [0, 0.1) is 0 Å². The molecule has 1 aromatic carbocycles. The van der Waals surface area contributed by atoms with E-state index < -0.39 is 0 Å². The summed E-state index contributed by atoms with van der Waals surface area (Å²) < 4.78 is 1.67. The monoisotopic (exact) mass is 390 g/mol. The van der Waals surface area contributed by atoms with Gasteiger partial charge in [-0.05, 0) is 38.5 Å². The van der Waals surface area contributed by atoms with Gasteiger partial charge in [-0.3, -0.25) is 0 Å². The lowest BCUT2D eigenvalue weighted by Crippen LogP contribution is -2.34. The van der Waals surface area contributed by atoms with Gasteiger partial charge in [0.15, 0.2) is 0 Å². The van der Waals surface area contributed by atoms with E-state index >= 15 is 0 Å². The molecule has 2 aromatic heterocycles. The average Bonchev–Trinajstić information content (AvgIpc) is 3.31. The van der Waals surface area contributed by atoms with Crippen molar-refractivity contribution in [1.82, 2.24) is 29.9 Å². The van der Waals surface area contributed by atoms with Gasteiger partial charge in [-0.2, -0.15) is 19.6 Å². The Morgan fingerprint density at radius 3 is 1.76 bits per heavy atom. The number of benzene rings is 1. The Morgan fingerprint density at radius 2 is 1.17 bits per heavy atom. The van der Waals surface area contributed by atoms with Crippen LogP contribution in [0.2, 0.25) is 0 Å². The zero-order valence-electron chi connectivity index (χ0n) is 16.6. The quantitative estimate of drug-likeness (QED) is 0.677. The highest BCUT2D eigenvalue weighted by atomic mass is 15.5. The Bertz CT molecular complexity index is 906. The summed E-state index contributed by atoms with van der Waals surface area (Å²) in [4.78, 5) is 18.9. The first kappa shape index (κ1) is 18.0. The van der Waals surface area contributed by atoms with E-state index in [-0.39, 0.29) is 0 Å². The van der Waals surface area contributed by atoms with Crippen molar-refractivity contribution in [3.63, 3.8) is 0 Å². The van der Waals surface area contributed by atoms with E-state index in [1.165, 1.54) is 38.5 Å². The second-order valence-corrected chi connectivity index (χ2v) is 7.75. The van der Waals surface area contributed by atoms with Crippen molar-refractivity contribution < 1.29 is 0 Å². The van der Waals surface area contributed by atoms with Crippen LogP contribution in [0.15, 0.2) is 36.5 Å². The Morgan fingerprint density at radius 1 is 0.621 bits per heavy atom. The summed E-state index contributed by atoms with van der Waals surface area (Å²) >= 11 is 0. The molecule has 8 nitrogen and oxygen atoms in total. The molecule has 2 fully saturated rings. The molecule has 2 aliphatic rings. The van der Waals surface area contributed by atoms with Crippen molar-refractivity contribution in [3.05, 3.63) is 36.5 Å². The number of aromatic nitrogens is 6. The molecule has 0 saturated carbocycles. The van der Waals surface area contributed by atoms with Crippen molar-refractivity contribution in [2.75, 3.05) is 36.0 Å². The lowest BCUT2D eigenvalue weighted by Gasteiger charge is -2.30. The van der Waals surface area contributed by atoms with Gasteiger partial charge in [-0.1, -0.05) is 35.5 Å². The van der Waals surface area contributed by atoms with Gasteiger partial charge in [-0.25, -0.2) is 0 Å². The molecule has 0 amide bonds. The Kier molecular flexibility index (Phi) is 5.06. The van der Waals surface area contributed by atoms with E-state index in [1.807, 2.05) is 36.5 Å². The summed E-state index contributed by atoms with van der Waals surface area (Å²) in [5.74, 6) is 2.05. The highest BCUT2D eigenvalue weighted by Gasteiger charge is 2.21. The minimum Gasteiger partial charge on any atom is -0.341 e. The molecule has 0 bridgehead atoms. The molecular weight excluding hydrogens is 364 g/mol. The average molecular weight is 390 g/mol. The van der Waals surface area contributed by atoms with Crippen LogP contribution in [0.3, 0.4) is 0 Å². The highest BCUT2D eigenvalue weighted by molar-refractivity contribution is 5.57. The summed E-state index contributed by atoms with van der Waals surface area (Å²) in [5, 5.41) is 8.64. The number of anilines is 2. The molecule has 5 rings (SSSR count). The Labute approximate surface area is 170 Å². The van der Waals surface area contributed by atoms with Crippen molar-refractivity contribution >= 4 is 11.9 Å². The Balaban J connectivity index is 1.52. The van der Waals surface area contributed by atoms with E-state index in [0.29, 0.717) is 5.95 Å². The van der Waals surface area contributed by atoms with Gasteiger partial charge in [0.1, 0.15) is 5.69 Å². The van der Waals surface area contributed by atoms with Crippen molar-refractivity contribution in [1.29, 1.82) is 0 Å². The van der Waals surface area contributed by atoms with Crippen LogP contribution in [-0.2, 0) is 0 Å². The molecule has 29 heavy (non-hydrogen) atoms. The predicted molar refractivity (Wildman–Crippen MR) is 112 cm³/mol. The van der Waals surface area contributed by atoms with Gasteiger partial charge < -0.3 is 9.80 Å². The lowest BCUT2D eigenvalue weighted by atomic mass is 10.1. The van der Waals surface area contributed by atoms with Crippen LogP contribution in [0.4, 0.5) is 11.9 Å². The smallest absolute Gasteiger partial charge is 0.258 e. The summed E-state index contributed by atoms with van der Waals surface area (Å²) in [7, 11) is 0. The number of hydrogen-bond donors (Lipinski definition) is 0. The number of hydrogen-bond acceptors (Lipinski definition) is 7. The fourth-order valence-electron chi connectivity index (χ4n) is 4.02. The standard InChI is InChI=1S/C21H26N8/c1-4-10-17(11-5-1)18-16-29(26-25-18)21-23-19(27-12-6-2-7-13-27)22-20(24-21)28-14-8-3-9-15-28/h1,4-5,10-11,16H,2-3,6-9,12-15H2. The SMILES string of the molecule is c1ccc(-c2cn(-c3nc(N4CCCCC4)nc(N4CCCCC4)n3)nn2)cc1. The summed E-state index contributed by atoms with van der Waals surface area (Å²) in [6.45, 7) is 3.98. The maximum Gasteiger partial charge on any atom is 0.258 e. The first-order chi connectivity index (χ1) is 14.4. The fraction of sp³-hybridized carbons (Fsp3) is 0.476. The highest BCUT2D eigenvalue weighted by Crippen LogP contribution is 2.23. The van der Waals surface area contributed by atoms with Crippen LogP contribution >= 0.6 is 0 Å². The first-order valence-corrected chi connectivity index (χ1v) is 10.6. The number of piperidine rings is 2. The van der Waals surface area contributed by atoms with Gasteiger partial charge >= 0.3 is 0 Å². The van der Waals surface area contributed by atoms with Crippen molar-refractivity contribution in [2.45, 2.75) is 38.5 Å². The molecule has 0 spiro atoms. The van der Waals surface area contributed by atoms with Gasteiger partial charge in [0.05, 0.1) is 6.20 Å². The van der Waals surface area contributed by atoms with Crippen LogP contribution in [0.5, 0.6) is 0 Å². The maximum absolute atomic E-state index is 4.84. The Hall–Kier alpha value is -3.03. The molecule has 150 valence electrons. The second kappa shape index (κ2) is 8.14. The third-order valence-electron chi connectivity index (χ3n) is 5.65. The topological polar surface area (TPSA) is 75.9 Å². The third kappa shape index (κ3) is 3.92. The molecular formula is C21H26N8. The normalized spacial score (nSPS) is 17.5. The molecule has 0 radical (unpaired) electrons. The van der Waals surface area contributed by atoms with E-state index in [0.717, 1.165) is 49.3 Å². The summed E-state index contributed by atoms with van der Waals surface area (Å²) in [5.41, 5.74) is 1.84. The first-order valence-electron chi connectivity index (χ1n) is 10.6. The number of rotatable bonds is 4. The van der Waals surface area contributed by atoms with Crippen molar-refractivity contribution in [3.8, 4) is 17.2 Å². The van der Waals surface area contributed by atoms with E-state index in [1.54, 1.807) is 4.68 Å². The molecule has 0 atom stereocenters. The van der Waals surface area contributed by atoms with Gasteiger partial charge in [0, 0.05) is 31.7 Å². The van der Waals surface area contributed by atoms with Gasteiger partial charge in [0.2, 0.25) is 11.9 Å². The third-order valence-corrected chi connectivity index (χ3v) is 5.65. The van der Waals surface area contributed by atoms with Gasteiger partial charge in [-0.15, -0.1) is 5.10 Å². The number of nitrogens with zero attached hydrogens (tertiary/aromatic N) is 8. The largest absolute Gasteiger partial charge is 0.341 e. The van der Waals surface area contributed by atoms with E-state index in [4.69, 9.17) is 15.0 Å². The molecule has 3 aromatic rings. The molecule has 4 heterocycles. The minimum atomic E-state index is 0.538. The molecule has 0 aliphatic carbocycles.